The van der Waals surface area contributed by atoms with E-state index in [2.05, 4.69) is 0 Å². The van der Waals surface area contributed by atoms with Crippen LogP contribution in [0.4, 0.5) is 8.78 Å². The van der Waals surface area contributed by atoms with Gasteiger partial charge >= 0.3 is 5.97 Å². The molecule has 116 valence electrons. The van der Waals surface area contributed by atoms with Crippen LogP contribution in [0.2, 0.25) is 0 Å². The van der Waals surface area contributed by atoms with E-state index >= 15 is 0 Å². The molecule has 1 atom stereocenters. The zero-order chi connectivity index (χ0) is 15.6. The van der Waals surface area contributed by atoms with Gasteiger partial charge in [0.1, 0.15) is 11.6 Å². The van der Waals surface area contributed by atoms with Crippen molar-refractivity contribution in [3.8, 4) is 0 Å². The molecular weight excluding hydrogens is 278 g/mol. The van der Waals surface area contributed by atoms with Gasteiger partial charge in [-0.1, -0.05) is 0 Å². The molecule has 1 heterocycles. The summed E-state index contributed by atoms with van der Waals surface area (Å²) in [7, 11) is 0. The molecule has 0 aliphatic carbocycles. The van der Waals surface area contributed by atoms with Crippen LogP contribution < -0.4 is 0 Å². The predicted molar refractivity (Wildman–Crippen MR) is 75.2 cm³/mol. The second-order valence-corrected chi connectivity index (χ2v) is 5.50. The molecule has 1 unspecified atom stereocenters. The number of piperazine rings is 1. The lowest BCUT2D eigenvalue weighted by atomic mass is 10.0. The molecule has 0 radical (unpaired) electrons. The van der Waals surface area contributed by atoms with Crippen LogP contribution in [-0.2, 0) is 4.79 Å². The smallest absolute Gasteiger partial charge is 0.317 e. The molecule has 0 aromatic heterocycles. The Morgan fingerprint density at radius 1 is 1.24 bits per heavy atom. The van der Waals surface area contributed by atoms with Crippen molar-refractivity contribution >= 4 is 5.97 Å². The van der Waals surface area contributed by atoms with Gasteiger partial charge in [-0.2, -0.15) is 0 Å². The van der Waals surface area contributed by atoms with Gasteiger partial charge in [0.05, 0.1) is 6.54 Å². The zero-order valence-corrected chi connectivity index (χ0v) is 12.3. The normalized spacial score (nSPS) is 18.7. The summed E-state index contributed by atoms with van der Waals surface area (Å²) in [4.78, 5) is 14.6. The van der Waals surface area contributed by atoms with Crippen LogP contribution >= 0.6 is 0 Å². The lowest BCUT2D eigenvalue weighted by Crippen LogP contribution is -2.48. The quantitative estimate of drug-likeness (QED) is 0.924. The van der Waals surface area contributed by atoms with E-state index in [9.17, 15) is 13.6 Å². The van der Waals surface area contributed by atoms with Crippen molar-refractivity contribution < 1.29 is 18.7 Å². The van der Waals surface area contributed by atoms with E-state index in [1.165, 1.54) is 19.1 Å². The minimum absolute atomic E-state index is 0.0236. The molecule has 1 fully saturated rings. The summed E-state index contributed by atoms with van der Waals surface area (Å²) in [6, 6.07) is 2.26. The van der Waals surface area contributed by atoms with E-state index in [1.54, 1.807) is 0 Å². The predicted octanol–water partition coefficient (Wildman–Crippen LogP) is 2.04. The molecule has 0 amide bonds. The summed E-state index contributed by atoms with van der Waals surface area (Å²) in [6.07, 6.45) is 0. The fourth-order valence-corrected chi connectivity index (χ4v) is 2.68. The highest BCUT2D eigenvalue weighted by atomic mass is 19.1. The summed E-state index contributed by atoms with van der Waals surface area (Å²) >= 11 is 0. The van der Waals surface area contributed by atoms with Crippen molar-refractivity contribution in [3.05, 3.63) is 34.9 Å². The Labute approximate surface area is 123 Å². The molecule has 6 heteroatoms. The average Bonchev–Trinajstić information content (AvgIpc) is 2.42. The monoisotopic (exact) mass is 298 g/mol. The van der Waals surface area contributed by atoms with E-state index in [4.69, 9.17) is 5.11 Å². The van der Waals surface area contributed by atoms with Crippen LogP contribution in [0, 0.1) is 18.6 Å². The Kier molecular flexibility index (Phi) is 4.90. The van der Waals surface area contributed by atoms with Crippen LogP contribution in [0.1, 0.15) is 24.1 Å². The van der Waals surface area contributed by atoms with Gasteiger partial charge < -0.3 is 5.11 Å². The number of halogens is 2. The fourth-order valence-electron chi connectivity index (χ4n) is 2.68. The molecule has 0 spiro atoms. The number of hydrogen-bond acceptors (Lipinski definition) is 3. The summed E-state index contributed by atoms with van der Waals surface area (Å²) in [5.41, 5.74) is 0.652. The van der Waals surface area contributed by atoms with Crippen LogP contribution in [0.15, 0.2) is 12.1 Å². The first-order chi connectivity index (χ1) is 9.88. The number of carbonyl (C=O) groups is 1. The molecule has 1 saturated heterocycles. The Hall–Kier alpha value is -1.53. The Bertz CT molecular complexity index is 529. The lowest BCUT2D eigenvalue weighted by Gasteiger charge is -2.37. The SMILES string of the molecule is Cc1cc(F)c(C(C)N2CCN(CC(=O)O)CC2)cc1F. The zero-order valence-electron chi connectivity index (χ0n) is 12.3. The number of aliphatic carboxylic acids is 1. The highest BCUT2D eigenvalue weighted by Gasteiger charge is 2.25. The van der Waals surface area contributed by atoms with Crippen LogP contribution in [0.5, 0.6) is 0 Å². The second-order valence-electron chi connectivity index (χ2n) is 5.50. The van der Waals surface area contributed by atoms with Gasteiger partial charge in [0.25, 0.3) is 0 Å². The molecule has 1 aliphatic rings. The number of carboxylic acid groups (broad SMARTS) is 1. The van der Waals surface area contributed by atoms with Gasteiger partial charge in [-0.15, -0.1) is 0 Å². The number of hydrogen-bond donors (Lipinski definition) is 1. The number of aryl methyl sites for hydroxylation is 1. The molecule has 1 aliphatic heterocycles. The highest BCUT2D eigenvalue weighted by Crippen LogP contribution is 2.26. The van der Waals surface area contributed by atoms with E-state index in [0.717, 1.165) is 0 Å². The Balaban J connectivity index is 2.03. The Morgan fingerprint density at radius 3 is 2.43 bits per heavy atom. The van der Waals surface area contributed by atoms with Crippen molar-refractivity contribution in [3.63, 3.8) is 0 Å². The maximum absolute atomic E-state index is 14.0. The average molecular weight is 298 g/mol. The molecule has 4 nitrogen and oxygen atoms in total. The van der Waals surface area contributed by atoms with Crippen molar-refractivity contribution in [2.75, 3.05) is 32.7 Å². The van der Waals surface area contributed by atoms with Crippen molar-refractivity contribution in [1.82, 2.24) is 9.80 Å². The number of benzene rings is 1. The maximum atomic E-state index is 14.0. The van der Waals surface area contributed by atoms with E-state index in [1.807, 2.05) is 16.7 Å². The van der Waals surface area contributed by atoms with Crippen molar-refractivity contribution in [2.45, 2.75) is 19.9 Å². The molecular formula is C15H20F2N2O2. The van der Waals surface area contributed by atoms with Crippen LogP contribution in [-0.4, -0.2) is 53.6 Å². The van der Waals surface area contributed by atoms with E-state index in [0.29, 0.717) is 37.3 Å². The molecule has 1 aromatic carbocycles. The van der Waals surface area contributed by atoms with Crippen LogP contribution in [0.25, 0.3) is 0 Å². The van der Waals surface area contributed by atoms with Gasteiger partial charge in [0, 0.05) is 37.8 Å². The Morgan fingerprint density at radius 2 is 1.86 bits per heavy atom. The largest absolute Gasteiger partial charge is 0.480 e. The summed E-state index contributed by atoms with van der Waals surface area (Å²) in [5, 5.41) is 8.77. The maximum Gasteiger partial charge on any atom is 0.317 e. The standard InChI is InChI=1S/C15H20F2N2O2/c1-10-7-14(17)12(8-13(10)16)11(2)19-5-3-18(4-6-19)9-15(20)21/h7-8,11H,3-6,9H2,1-2H3,(H,20,21). The minimum Gasteiger partial charge on any atom is -0.480 e. The third kappa shape index (κ3) is 3.77. The van der Waals surface area contributed by atoms with E-state index < -0.39 is 17.6 Å². The molecule has 0 bridgehead atoms. The summed E-state index contributed by atoms with van der Waals surface area (Å²) in [6.45, 7) is 5.93. The van der Waals surface area contributed by atoms with Crippen LogP contribution in [0.3, 0.4) is 0 Å². The van der Waals surface area contributed by atoms with Crippen molar-refractivity contribution in [2.24, 2.45) is 0 Å². The van der Waals surface area contributed by atoms with Gasteiger partial charge in [-0.05, 0) is 31.5 Å². The number of carboxylic acids is 1. The number of nitrogens with zero attached hydrogens (tertiary/aromatic N) is 2. The fraction of sp³-hybridized carbons (Fsp3) is 0.533. The van der Waals surface area contributed by atoms with Gasteiger partial charge in [0.15, 0.2) is 0 Å². The first-order valence-corrected chi connectivity index (χ1v) is 7.02. The summed E-state index contributed by atoms with van der Waals surface area (Å²) < 4.78 is 27.6. The minimum atomic E-state index is -0.844. The third-order valence-corrected chi connectivity index (χ3v) is 4.04. The van der Waals surface area contributed by atoms with Crippen molar-refractivity contribution in [1.29, 1.82) is 0 Å². The van der Waals surface area contributed by atoms with Gasteiger partial charge in [0.2, 0.25) is 0 Å². The molecule has 1 aromatic rings. The second kappa shape index (κ2) is 6.49. The molecule has 0 saturated carbocycles. The first kappa shape index (κ1) is 15.9. The van der Waals surface area contributed by atoms with Gasteiger partial charge in [-0.3, -0.25) is 14.6 Å². The summed E-state index contributed by atoms with van der Waals surface area (Å²) in [5.74, 6) is -1.64. The number of rotatable bonds is 4. The lowest BCUT2D eigenvalue weighted by molar-refractivity contribution is -0.138. The molecule has 2 rings (SSSR count). The molecule has 21 heavy (non-hydrogen) atoms. The van der Waals surface area contributed by atoms with Gasteiger partial charge in [-0.25, -0.2) is 8.78 Å². The first-order valence-electron chi connectivity index (χ1n) is 7.02. The van der Waals surface area contributed by atoms with E-state index in [-0.39, 0.29) is 12.6 Å². The highest BCUT2D eigenvalue weighted by molar-refractivity contribution is 5.69. The molecule has 1 N–H and O–H groups in total. The topological polar surface area (TPSA) is 43.8 Å². The third-order valence-electron chi connectivity index (χ3n) is 4.04.